The molecule has 0 aliphatic carbocycles. The third-order valence-electron chi connectivity index (χ3n) is 4.71. The van der Waals surface area contributed by atoms with E-state index >= 15 is 0 Å². The minimum Gasteiger partial charge on any atom is -0.446 e. The van der Waals surface area contributed by atoms with Gasteiger partial charge < -0.3 is 14.8 Å². The molecule has 0 unspecified atom stereocenters. The molecule has 3 rings (SSSR count). The van der Waals surface area contributed by atoms with E-state index in [1.54, 1.807) is 4.90 Å². The number of carbonyl (C=O) groups is 1. The summed E-state index contributed by atoms with van der Waals surface area (Å²) in [7, 11) is 0. The van der Waals surface area contributed by atoms with E-state index in [9.17, 15) is 10.0 Å². The summed E-state index contributed by atoms with van der Waals surface area (Å²) in [4.78, 5) is 18.4. The third-order valence-corrected chi connectivity index (χ3v) is 4.71. The van der Waals surface area contributed by atoms with Crippen LogP contribution in [0.2, 0.25) is 0 Å². The van der Waals surface area contributed by atoms with Crippen molar-refractivity contribution in [2.24, 2.45) is 0 Å². The summed E-state index contributed by atoms with van der Waals surface area (Å²) >= 11 is 0. The molecule has 2 aliphatic heterocycles. The predicted octanol–water partition coefficient (Wildman–Crippen LogP) is 2.75. The van der Waals surface area contributed by atoms with E-state index in [4.69, 9.17) is 4.74 Å². The molecule has 138 valence electrons. The number of pyridine rings is 1. The summed E-state index contributed by atoms with van der Waals surface area (Å²) in [5, 5.41) is 10.6. The molecule has 6 nitrogen and oxygen atoms in total. The maximum Gasteiger partial charge on any atom is 0.410 e. The molecule has 0 atom stereocenters. The first-order valence-corrected chi connectivity index (χ1v) is 9.12. The number of aromatic nitrogens is 1. The largest absolute Gasteiger partial charge is 0.446 e. The zero-order valence-electron chi connectivity index (χ0n) is 15.1. The van der Waals surface area contributed by atoms with Crippen molar-refractivity contribution < 1.29 is 14.7 Å². The van der Waals surface area contributed by atoms with Crippen LogP contribution >= 0.6 is 0 Å². The summed E-state index contributed by atoms with van der Waals surface area (Å²) in [6.45, 7) is 4.38. The highest BCUT2D eigenvalue weighted by atomic mass is 16.6. The number of allylic oxidation sites excluding steroid dienone is 1. The molecule has 0 bridgehead atoms. The van der Waals surface area contributed by atoms with Gasteiger partial charge in [0.2, 0.25) is 0 Å². The van der Waals surface area contributed by atoms with Crippen LogP contribution < -0.4 is 0 Å². The van der Waals surface area contributed by atoms with Crippen LogP contribution in [0.15, 0.2) is 29.8 Å². The summed E-state index contributed by atoms with van der Waals surface area (Å²) < 4.78 is 5.56. The van der Waals surface area contributed by atoms with E-state index in [1.807, 2.05) is 31.2 Å². The molecule has 1 amide bonds. The molecule has 2 aliphatic rings. The van der Waals surface area contributed by atoms with Crippen molar-refractivity contribution in [2.75, 3.05) is 26.2 Å². The fourth-order valence-electron chi connectivity index (χ4n) is 3.12. The van der Waals surface area contributed by atoms with Crippen molar-refractivity contribution >= 4 is 6.09 Å². The Morgan fingerprint density at radius 1 is 1.27 bits per heavy atom. The quantitative estimate of drug-likeness (QED) is 0.785. The van der Waals surface area contributed by atoms with Gasteiger partial charge in [0.25, 0.3) is 0 Å². The lowest BCUT2D eigenvalue weighted by molar-refractivity contribution is -0.123. The first-order valence-electron chi connectivity index (χ1n) is 9.12. The van der Waals surface area contributed by atoms with Gasteiger partial charge in [-0.15, -0.1) is 0 Å². The maximum atomic E-state index is 12.3. The van der Waals surface area contributed by atoms with E-state index in [1.165, 1.54) is 10.6 Å². The van der Waals surface area contributed by atoms with Crippen molar-refractivity contribution in [3.8, 4) is 11.8 Å². The average molecular weight is 355 g/mol. The third kappa shape index (κ3) is 5.32. The summed E-state index contributed by atoms with van der Waals surface area (Å²) in [6.07, 6.45) is 4.63. The van der Waals surface area contributed by atoms with Gasteiger partial charge in [-0.2, -0.15) is 5.06 Å². The zero-order valence-corrected chi connectivity index (χ0v) is 15.1. The van der Waals surface area contributed by atoms with Gasteiger partial charge in [-0.1, -0.05) is 17.6 Å². The molecule has 26 heavy (non-hydrogen) atoms. The van der Waals surface area contributed by atoms with Gasteiger partial charge in [-0.05, 0) is 56.7 Å². The Labute approximate surface area is 154 Å². The molecular weight excluding hydrogens is 330 g/mol. The Balaban J connectivity index is 1.46. The SMILES string of the molecule is Cc1cccc(C#CC=C2CCN(C(=O)OC3CCN(O)CC3)CC2)n1. The van der Waals surface area contributed by atoms with Crippen molar-refractivity contribution in [2.45, 2.75) is 38.7 Å². The van der Waals surface area contributed by atoms with Crippen LogP contribution in [-0.4, -0.2) is 58.5 Å². The van der Waals surface area contributed by atoms with Crippen LogP contribution in [0.25, 0.3) is 0 Å². The normalized spacial score (nSPS) is 18.8. The molecule has 3 heterocycles. The molecular formula is C20H25N3O3. The monoisotopic (exact) mass is 355 g/mol. The lowest BCUT2D eigenvalue weighted by atomic mass is 10.0. The van der Waals surface area contributed by atoms with Gasteiger partial charge in [0.1, 0.15) is 11.8 Å². The van der Waals surface area contributed by atoms with Gasteiger partial charge in [0.15, 0.2) is 0 Å². The van der Waals surface area contributed by atoms with Crippen LogP contribution in [-0.2, 0) is 4.74 Å². The number of carbonyl (C=O) groups excluding carboxylic acids is 1. The Bertz CT molecular complexity index is 717. The van der Waals surface area contributed by atoms with Crippen LogP contribution in [0.4, 0.5) is 4.79 Å². The standard InChI is InChI=1S/C20H25N3O3/c1-16-4-2-6-18(21-16)7-3-5-17-8-12-22(13-9-17)20(24)26-19-10-14-23(25)15-11-19/h2,4-6,19,25H,8-15H2,1H3. The summed E-state index contributed by atoms with van der Waals surface area (Å²) in [5.74, 6) is 6.13. The van der Waals surface area contributed by atoms with Crippen molar-refractivity contribution in [3.63, 3.8) is 0 Å². The first-order chi connectivity index (χ1) is 12.6. The van der Waals surface area contributed by atoms with Gasteiger partial charge in [0, 0.05) is 31.9 Å². The second-order valence-electron chi connectivity index (χ2n) is 6.76. The maximum absolute atomic E-state index is 12.3. The minimum atomic E-state index is -0.240. The lowest BCUT2D eigenvalue weighted by Crippen LogP contribution is -2.41. The second-order valence-corrected chi connectivity index (χ2v) is 6.76. The van der Waals surface area contributed by atoms with E-state index in [0.29, 0.717) is 39.0 Å². The molecule has 6 heteroatoms. The second kappa shape index (κ2) is 8.84. The number of hydrogen-bond donors (Lipinski definition) is 1. The summed E-state index contributed by atoms with van der Waals surface area (Å²) in [5.41, 5.74) is 2.99. The lowest BCUT2D eigenvalue weighted by Gasteiger charge is -2.32. The fraction of sp³-hybridized carbons (Fsp3) is 0.500. The topological polar surface area (TPSA) is 65.9 Å². The number of hydrogen-bond acceptors (Lipinski definition) is 5. The highest BCUT2D eigenvalue weighted by molar-refractivity contribution is 5.68. The number of piperidine rings is 2. The number of rotatable bonds is 1. The molecule has 0 radical (unpaired) electrons. The Morgan fingerprint density at radius 2 is 2.00 bits per heavy atom. The average Bonchev–Trinajstić information content (AvgIpc) is 2.64. The molecule has 1 aromatic rings. The van der Waals surface area contributed by atoms with E-state index in [0.717, 1.165) is 24.2 Å². The zero-order chi connectivity index (χ0) is 18.4. The molecule has 0 aromatic carbocycles. The Kier molecular flexibility index (Phi) is 6.26. The van der Waals surface area contributed by atoms with Gasteiger partial charge >= 0.3 is 6.09 Å². The number of ether oxygens (including phenoxy) is 1. The Hall–Kier alpha value is -2.36. The summed E-state index contributed by atoms with van der Waals surface area (Å²) in [6, 6.07) is 5.80. The highest BCUT2D eigenvalue weighted by Crippen LogP contribution is 2.19. The molecule has 0 saturated carbocycles. The highest BCUT2D eigenvalue weighted by Gasteiger charge is 2.25. The van der Waals surface area contributed by atoms with Gasteiger partial charge in [-0.25, -0.2) is 9.78 Å². The Morgan fingerprint density at radius 3 is 2.69 bits per heavy atom. The van der Waals surface area contributed by atoms with Crippen molar-refractivity contribution in [1.29, 1.82) is 0 Å². The minimum absolute atomic E-state index is 0.0875. The van der Waals surface area contributed by atoms with Gasteiger partial charge in [0.05, 0.1) is 0 Å². The molecule has 0 spiro atoms. The molecule has 2 saturated heterocycles. The number of hydroxylamine groups is 2. The van der Waals surface area contributed by atoms with E-state index in [-0.39, 0.29) is 12.2 Å². The van der Waals surface area contributed by atoms with Crippen LogP contribution in [0.5, 0.6) is 0 Å². The number of likely N-dealkylation sites (tertiary alicyclic amines) is 1. The van der Waals surface area contributed by atoms with Crippen molar-refractivity contribution in [1.82, 2.24) is 14.9 Å². The first kappa shape index (κ1) is 18.4. The number of amides is 1. The van der Waals surface area contributed by atoms with Crippen LogP contribution in [0, 0.1) is 18.8 Å². The molecule has 1 aromatic heterocycles. The van der Waals surface area contributed by atoms with Crippen LogP contribution in [0.1, 0.15) is 37.1 Å². The number of nitrogens with zero attached hydrogens (tertiary/aromatic N) is 3. The molecule has 2 fully saturated rings. The predicted molar refractivity (Wildman–Crippen MR) is 97.6 cm³/mol. The van der Waals surface area contributed by atoms with E-state index < -0.39 is 0 Å². The number of aryl methyl sites for hydroxylation is 1. The van der Waals surface area contributed by atoms with E-state index in [2.05, 4.69) is 16.8 Å². The van der Waals surface area contributed by atoms with Crippen LogP contribution in [0.3, 0.4) is 0 Å². The fourth-order valence-corrected chi connectivity index (χ4v) is 3.12. The smallest absolute Gasteiger partial charge is 0.410 e. The molecule has 1 N–H and O–H groups in total. The van der Waals surface area contributed by atoms with Crippen molar-refractivity contribution in [3.05, 3.63) is 41.2 Å². The van der Waals surface area contributed by atoms with Gasteiger partial charge in [-0.3, -0.25) is 0 Å².